The lowest BCUT2D eigenvalue weighted by molar-refractivity contribution is -0.266. The molecule has 2 unspecified atom stereocenters. The van der Waals surface area contributed by atoms with Gasteiger partial charge in [0.2, 0.25) is 5.79 Å². The number of aliphatic hydroxyl groups is 2. The van der Waals surface area contributed by atoms with Crippen molar-refractivity contribution < 1.29 is 67.3 Å². The molecule has 442 valence electrons. The fourth-order valence-corrected chi connectivity index (χ4v) is 12.3. The number of cyclic esters (lactones) is 1. The van der Waals surface area contributed by atoms with Gasteiger partial charge in [-0.1, -0.05) is 77.5 Å². The first-order valence-electron chi connectivity index (χ1n) is 29.7. The maximum absolute atomic E-state index is 14.7. The summed E-state index contributed by atoms with van der Waals surface area (Å²) in [5.41, 5.74) is 1.27. The van der Waals surface area contributed by atoms with Crippen LogP contribution >= 0.6 is 0 Å². The highest BCUT2D eigenvalue weighted by Gasteiger charge is 2.53. The van der Waals surface area contributed by atoms with Gasteiger partial charge in [-0.3, -0.25) is 19.2 Å². The van der Waals surface area contributed by atoms with E-state index in [0.717, 1.165) is 44.2 Å². The average Bonchev–Trinajstić information content (AvgIpc) is 3.46. The Labute approximate surface area is 467 Å². The molecule has 0 spiro atoms. The van der Waals surface area contributed by atoms with Crippen LogP contribution in [0.15, 0.2) is 47.6 Å². The van der Waals surface area contributed by atoms with E-state index in [1.165, 1.54) is 44.4 Å². The molecule has 5 rings (SSSR count). The minimum atomic E-state index is -2.45. The van der Waals surface area contributed by atoms with E-state index in [-0.39, 0.29) is 73.9 Å². The Morgan fingerprint density at radius 1 is 0.769 bits per heavy atom. The molecule has 0 radical (unpaired) electrons. The summed E-state index contributed by atoms with van der Waals surface area (Å²) in [5.74, 6) is -7.85. The molecule has 4 heterocycles. The second-order valence-electron chi connectivity index (χ2n) is 23.7. The standard InChI is InChI=1S/C62H100N2O14/c1-41-21-13-11-14-22-42(2)53(76-34-33-72-8)39-49-26-24-47(7)62(71,78-49)59(68)60(69)64-31-18-15-23-50(64)61(70)77-54(40-51(65)43(3)36-46(6)57(67)58(74-10)56(66)45(5)35-41)44(4)37-48-25-27-52(55(38-48)73-9)75-32-20-19-30-63-28-16-12-17-29-63/h11,13-14,21-22,36,41,43-45,47-50,52-55,57-58,67,71H,12,15-20,23-35,37-40H2,1-10H3/b14-11?,21-13+,42-22?,46-36+/t41-,43-,44-,45-,47-,48+,49+,50?,52-,53?,54+,55-,57-,58+,62-/m1/s1. The molecule has 0 aromatic rings. The number of ketones is 3. The van der Waals surface area contributed by atoms with Gasteiger partial charge in [-0.05, 0) is 152 Å². The van der Waals surface area contributed by atoms with Crippen molar-refractivity contribution in [3.8, 4) is 0 Å². The number of carbonyl (C=O) groups is 5. The molecule has 0 aromatic carbocycles. The molecule has 2 bridgehead atoms. The van der Waals surface area contributed by atoms with Crippen LogP contribution in [0.3, 0.4) is 0 Å². The first kappa shape index (κ1) is 65.4. The van der Waals surface area contributed by atoms with Crippen molar-refractivity contribution in [1.82, 2.24) is 9.80 Å². The summed E-state index contributed by atoms with van der Waals surface area (Å²) in [7, 11) is 4.70. The van der Waals surface area contributed by atoms with Crippen molar-refractivity contribution in [2.24, 2.45) is 35.5 Å². The smallest absolute Gasteiger partial charge is 0.329 e. The lowest BCUT2D eigenvalue weighted by Crippen LogP contribution is -2.61. The first-order valence-corrected chi connectivity index (χ1v) is 29.7. The third-order valence-corrected chi connectivity index (χ3v) is 17.4. The molecular formula is C62H100N2O14. The Bertz CT molecular complexity index is 2030. The lowest BCUT2D eigenvalue weighted by atomic mass is 9.78. The van der Waals surface area contributed by atoms with Crippen molar-refractivity contribution in [3.05, 3.63) is 47.6 Å². The predicted octanol–water partition coefficient (Wildman–Crippen LogP) is 8.49. The van der Waals surface area contributed by atoms with Gasteiger partial charge in [-0.15, -0.1) is 0 Å². The molecule has 1 aliphatic carbocycles. The minimum absolute atomic E-state index is 0.00700. The lowest BCUT2D eigenvalue weighted by Gasteiger charge is -2.43. The van der Waals surface area contributed by atoms with Gasteiger partial charge in [0.05, 0.1) is 37.6 Å². The largest absolute Gasteiger partial charge is 0.460 e. The number of hydrogen-bond acceptors (Lipinski definition) is 15. The Morgan fingerprint density at radius 3 is 2.23 bits per heavy atom. The molecule has 1 saturated carbocycles. The zero-order chi connectivity index (χ0) is 56.9. The quantitative estimate of drug-likeness (QED) is 0.0685. The summed E-state index contributed by atoms with van der Waals surface area (Å²) in [5, 5.41) is 23.8. The molecule has 3 saturated heterocycles. The number of hydrogen-bond donors (Lipinski definition) is 2. The van der Waals surface area contributed by atoms with Crippen molar-refractivity contribution in [1.29, 1.82) is 0 Å². The highest BCUT2D eigenvalue weighted by molar-refractivity contribution is 6.39. The predicted molar refractivity (Wildman–Crippen MR) is 299 cm³/mol. The summed E-state index contributed by atoms with van der Waals surface area (Å²) >= 11 is 0. The van der Waals surface area contributed by atoms with Gasteiger partial charge >= 0.3 is 5.97 Å². The van der Waals surface area contributed by atoms with Crippen LogP contribution in [-0.4, -0.2) is 171 Å². The number of fused-ring (bicyclic) bond motifs is 3. The van der Waals surface area contributed by atoms with Crippen LogP contribution in [0.2, 0.25) is 0 Å². The van der Waals surface area contributed by atoms with Crippen LogP contribution in [0.1, 0.15) is 158 Å². The summed E-state index contributed by atoms with van der Waals surface area (Å²) in [6, 6.07) is -1.14. The molecule has 16 nitrogen and oxygen atoms in total. The van der Waals surface area contributed by atoms with E-state index < -0.39 is 77.8 Å². The molecular weight excluding hydrogens is 997 g/mol. The van der Waals surface area contributed by atoms with Gasteiger partial charge in [-0.2, -0.15) is 0 Å². The number of allylic oxidation sites excluding steroid dienone is 6. The summed E-state index contributed by atoms with van der Waals surface area (Å²) in [4.78, 5) is 75.7. The van der Waals surface area contributed by atoms with E-state index in [2.05, 4.69) is 4.90 Å². The topological polar surface area (TPSA) is 197 Å². The number of aliphatic hydroxyl groups excluding tert-OH is 1. The number of unbranched alkanes of at least 4 members (excludes halogenated alkanes) is 1. The number of likely N-dealkylation sites (tertiary alicyclic amines) is 1. The summed E-state index contributed by atoms with van der Waals surface area (Å²) in [6.07, 6.45) is 18.6. The van der Waals surface area contributed by atoms with E-state index in [0.29, 0.717) is 57.3 Å². The zero-order valence-corrected chi connectivity index (χ0v) is 49.2. The number of ether oxygens (including phenoxy) is 7. The van der Waals surface area contributed by atoms with Crippen molar-refractivity contribution in [3.63, 3.8) is 0 Å². The fraction of sp³-hybridized carbons (Fsp3) is 0.790. The molecule has 2 N–H and O–H groups in total. The molecule has 4 fully saturated rings. The van der Waals surface area contributed by atoms with Crippen LogP contribution in [-0.2, 0) is 57.1 Å². The van der Waals surface area contributed by atoms with Gasteiger partial charge in [0.1, 0.15) is 30.1 Å². The third kappa shape index (κ3) is 19.1. The first-order chi connectivity index (χ1) is 37.3. The third-order valence-electron chi connectivity index (χ3n) is 17.4. The molecule has 5 aliphatic rings. The minimum Gasteiger partial charge on any atom is -0.460 e. The van der Waals surface area contributed by atoms with E-state index >= 15 is 0 Å². The average molecular weight is 1100 g/mol. The molecule has 78 heavy (non-hydrogen) atoms. The maximum atomic E-state index is 14.7. The van der Waals surface area contributed by atoms with Gasteiger partial charge in [0.15, 0.2) is 5.78 Å². The molecule has 0 aromatic heterocycles. The van der Waals surface area contributed by atoms with Gasteiger partial charge in [-0.25, -0.2) is 4.79 Å². The van der Waals surface area contributed by atoms with Crippen LogP contribution in [0.4, 0.5) is 0 Å². The monoisotopic (exact) mass is 1100 g/mol. The van der Waals surface area contributed by atoms with E-state index in [1.807, 2.05) is 58.1 Å². The van der Waals surface area contributed by atoms with Crippen LogP contribution in [0.5, 0.6) is 0 Å². The Morgan fingerprint density at radius 2 is 1.51 bits per heavy atom. The maximum Gasteiger partial charge on any atom is 0.329 e. The number of nitrogens with zero attached hydrogens (tertiary/aromatic N) is 2. The Kier molecular flexibility index (Phi) is 27.5. The Balaban J connectivity index is 1.41. The second-order valence-corrected chi connectivity index (χ2v) is 23.7. The molecule has 4 aliphatic heterocycles. The van der Waals surface area contributed by atoms with Crippen LogP contribution < -0.4 is 0 Å². The summed E-state index contributed by atoms with van der Waals surface area (Å²) < 4.78 is 42.4. The normalized spacial score (nSPS) is 36.0. The number of esters is 1. The van der Waals surface area contributed by atoms with Gasteiger partial charge in [0.25, 0.3) is 11.7 Å². The number of Topliss-reactive ketones (excluding diaryl/α,β-unsaturated/α-hetero) is 3. The fourth-order valence-electron chi connectivity index (χ4n) is 12.3. The SMILES string of the molecule is COCCOC1C[C@@H]2CC[C@@H](C)[C@@](O)(O2)C(=O)C(=O)N2CCCCC2C(=O)O[C@H]([C@H](C)C[C@@H]2CC[C@@H](OCCCCN3CCCCC3)[C@H](OC)C2)CC(=O)[C@H](C)/C=C(\C)[C@@H](O)[C@@H](OC)C(=O)[C@H](C)C[C@H](C)/C=C/C=CC=C1C. The van der Waals surface area contributed by atoms with E-state index in [1.54, 1.807) is 41.1 Å². The highest BCUT2D eigenvalue weighted by atomic mass is 16.6. The number of piperidine rings is 2. The molecule has 15 atom stereocenters. The van der Waals surface area contributed by atoms with Gasteiger partial charge < -0.3 is 53.2 Å². The van der Waals surface area contributed by atoms with E-state index in [9.17, 15) is 34.2 Å². The van der Waals surface area contributed by atoms with E-state index in [4.69, 9.17) is 33.2 Å². The number of rotatable bonds is 15. The number of amides is 1. The van der Waals surface area contributed by atoms with Crippen LogP contribution in [0, 0.1) is 35.5 Å². The Hall–Kier alpha value is -3.45. The molecule has 1 amide bonds. The number of carbonyl (C=O) groups excluding carboxylic acids is 5. The van der Waals surface area contributed by atoms with Crippen molar-refractivity contribution in [2.45, 2.75) is 212 Å². The zero-order valence-electron chi connectivity index (χ0n) is 49.2. The van der Waals surface area contributed by atoms with Gasteiger partial charge in [0, 0.05) is 65.1 Å². The van der Waals surface area contributed by atoms with Crippen molar-refractivity contribution in [2.75, 3.05) is 67.3 Å². The van der Waals surface area contributed by atoms with Crippen molar-refractivity contribution >= 4 is 29.2 Å². The summed E-state index contributed by atoms with van der Waals surface area (Å²) in [6.45, 7) is 17.7. The second kappa shape index (κ2) is 32.9. The molecule has 16 heteroatoms. The number of methoxy groups -OCH3 is 3. The van der Waals surface area contributed by atoms with Crippen LogP contribution in [0.25, 0.3) is 0 Å². The highest BCUT2D eigenvalue weighted by Crippen LogP contribution is 2.38.